The molecule has 102 valence electrons. The predicted octanol–water partition coefficient (Wildman–Crippen LogP) is 1.26. The third-order valence-electron chi connectivity index (χ3n) is 2.87. The molecule has 5 heteroatoms. The first kappa shape index (κ1) is 15.0. The summed E-state index contributed by atoms with van der Waals surface area (Å²) in [7, 11) is 1.58. The maximum absolute atomic E-state index is 11.1. The Morgan fingerprint density at radius 3 is 2.68 bits per heavy atom. The van der Waals surface area contributed by atoms with Crippen LogP contribution < -0.4 is 10.5 Å². The highest BCUT2D eigenvalue weighted by Crippen LogP contribution is 2.22. The van der Waals surface area contributed by atoms with Crippen LogP contribution in [-0.4, -0.2) is 30.5 Å². The lowest BCUT2D eigenvalue weighted by molar-refractivity contribution is -0.119. The van der Waals surface area contributed by atoms with Crippen molar-refractivity contribution in [1.82, 2.24) is 4.90 Å². The van der Waals surface area contributed by atoms with Crippen molar-refractivity contribution in [3.63, 3.8) is 0 Å². The van der Waals surface area contributed by atoms with Crippen LogP contribution in [-0.2, 0) is 11.3 Å². The molecule has 0 unspecified atom stereocenters. The van der Waals surface area contributed by atoms with E-state index in [1.54, 1.807) is 25.3 Å². The maximum Gasteiger partial charge on any atom is 0.231 e. The molecule has 1 amide bonds. The molecule has 0 fully saturated rings. The van der Waals surface area contributed by atoms with E-state index in [4.69, 9.17) is 15.7 Å². The van der Waals surface area contributed by atoms with Crippen LogP contribution >= 0.6 is 0 Å². The summed E-state index contributed by atoms with van der Waals surface area (Å²) in [5.41, 5.74) is 6.69. The monoisotopic (exact) mass is 261 g/mol. The molecule has 0 bridgehead atoms. The molecule has 0 saturated heterocycles. The van der Waals surface area contributed by atoms with Crippen molar-refractivity contribution >= 4 is 5.91 Å². The van der Waals surface area contributed by atoms with Gasteiger partial charge in [0.05, 0.1) is 25.3 Å². The molecule has 0 heterocycles. The number of hydrogen-bond donors (Lipinski definition) is 1. The molecule has 0 atom stereocenters. The highest BCUT2D eigenvalue weighted by atomic mass is 16.5. The number of nitrogens with zero attached hydrogens (tertiary/aromatic N) is 2. The van der Waals surface area contributed by atoms with Gasteiger partial charge < -0.3 is 10.5 Å². The summed E-state index contributed by atoms with van der Waals surface area (Å²) in [5.74, 6) is 0.332. The fourth-order valence-corrected chi connectivity index (χ4v) is 1.81. The zero-order chi connectivity index (χ0) is 14.4. The Labute approximate surface area is 113 Å². The van der Waals surface area contributed by atoms with Crippen LogP contribution in [0.1, 0.15) is 25.0 Å². The minimum atomic E-state index is -0.371. The van der Waals surface area contributed by atoms with E-state index in [0.717, 1.165) is 5.56 Å². The number of benzene rings is 1. The molecule has 0 spiro atoms. The van der Waals surface area contributed by atoms with E-state index in [2.05, 4.69) is 6.07 Å². The molecule has 5 nitrogen and oxygen atoms in total. The minimum absolute atomic E-state index is 0.169. The van der Waals surface area contributed by atoms with E-state index in [9.17, 15) is 4.79 Å². The number of nitriles is 1. The van der Waals surface area contributed by atoms with Gasteiger partial charge in [0, 0.05) is 18.2 Å². The molecular weight excluding hydrogens is 242 g/mol. The second-order valence-electron chi connectivity index (χ2n) is 4.60. The average Bonchev–Trinajstić information content (AvgIpc) is 2.37. The van der Waals surface area contributed by atoms with E-state index in [0.29, 0.717) is 17.9 Å². The largest absolute Gasteiger partial charge is 0.496 e. The topological polar surface area (TPSA) is 79.3 Å². The van der Waals surface area contributed by atoms with Gasteiger partial charge in [0.25, 0.3) is 0 Å². The van der Waals surface area contributed by atoms with Gasteiger partial charge in [-0.25, -0.2) is 0 Å². The second kappa shape index (κ2) is 6.76. The van der Waals surface area contributed by atoms with Crippen LogP contribution in [0.2, 0.25) is 0 Å². The van der Waals surface area contributed by atoms with Crippen LogP contribution in [0.15, 0.2) is 18.2 Å². The van der Waals surface area contributed by atoms with E-state index in [1.165, 1.54) is 0 Å². The van der Waals surface area contributed by atoms with E-state index >= 15 is 0 Å². The first-order valence-corrected chi connectivity index (χ1v) is 6.07. The number of amides is 1. The van der Waals surface area contributed by atoms with Gasteiger partial charge in [-0.3, -0.25) is 9.69 Å². The normalized spacial score (nSPS) is 10.5. The summed E-state index contributed by atoms with van der Waals surface area (Å²) in [6, 6.07) is 7.50. The fourth-order valence-electron chi connectivity index (χ4n) is 1.81. The number of hydrogen-bond acceptors (Lipinski definition) is 4. The summed E-state index contributed by atoms with van der Waals surface area (Å²) in [5, 5.41) is 8.94. The first-order valence-electron chi connectivity index (χ1n) is 6.07. The molecule has 19 heavy (non-hydrogen) atoms. The van der Waals surface area contributed by atoms with Crippen LogP contribution in [0.3, 0.4) is 0 Å². The molecule has 1 rings (SSSR count). The van der Waals surface area contributed by atoms with E-state index < -0.39 is 0 Å². The third-order valence-corrected chi connectivity index (χ3v) is 2.87. The standard InChI is InChI=1S/C14H19N3O2/c1-10(2)17(9-14(16)18)8-12-6-11(7-15)4-5-13(12)19-3/h4-6,10H,8-9H2,1-3H3,(H2,16,18). The summed E-state index contributed by atoms with van der Waals surface area (Å²) in [6.07, 6.45) is 0. The van der Waals surface area contributed by atoms with Gasteiger partial charge in [0.15, 0.2) is 0 Å². The van der Waals surface area contributed by atoms with Crippen molar-refractivity contribution in [2.75, 3.05) is 13.7 Å². The molecule has 0 aliphatic heterocycles. The molecule has 0 aliphatic carbocycles. The number of carbonyl (C=O) groups is 1. The Bertz CT molecular complexity index is 492. The average molecular weight is 261 g/mol. The van der Waals surface area contributed by atoms with Gasteiger partial charge in [-0.05, 0) is 32.0 Å². The van der Waals surface area contributed by atoms with Crippen molar-refractivity contribution in [3.05, 3.63) is 29.3 Å². The van der Waals surface area contributed by atoms with Crippen LogP contribution in [0.25, 0.3) is 0 Å². The van der Waals surface area contributed by atoms with E-state index in [1.807, 2.05) is 18.7 Å². The number of primary amides is 1. The van der Waals surface area contributed by atoms with Crippen molar-refractivity contribution in [1.29, 1.82) is 5.26 Å². The zero-order valence-electron chi connectivity index (χ0n) is 11.5. The Kier molecular flexibility index (Phi) is 5.34. The summed E-state index contributed by atoms with van der Waals surface area (Å²) < 4.78 is 5.28. The van der Waals surface area contributed by atoms with Crippen LogP contribution in [0.5, 0.6) is 5.75 Å². The Balaban J connectivity index is 3.00. The van der Waals surface area contributed by atoms with Crippen molar-refractivity contribution in [2.45, 2.75) is 26.4 Å². The first-order chi connectivity index (χ1) is 8.97. The molecule has 0 saturated carbocycles. The van der Waals surface area contributed by atoms with Crippen molar-refractivity contribution in [3.8, 4) is 11.8 Å². The fraction of sp³-hybridized carbons (Fsp3) is 0.429. The molecule has 0 aliphatic rings. The number of carbonyl (C=O) groups excluding carboxylic acids is 1. The summed E-state index contributed by atoms with van der Waals surface area (Å²) in [4.78, 5) is 13.0. The Hall–Kier alpha value is -2.06. The van der Waals surface area contributed by atoms with Gasteiger partial charge in [-0.15, -0.1) is 0 Å². The lowest BCUT2D eigenvalue weighted by atomic mass is 10.1. The lowest BCUT2D eigenvalue weighted by Crippen LogP contribution is -2.38. The number of methoxy groups -OCH3 is 1. The molecular formula is C14H19N3O2. The third kappa shape index (κ3) is 4.27. The highest BCUT2D eigenvalue weighted by Gasteiger charge is 2.15. The van der Waals surface area contributed by atoms with E-state index in [-0.39, 0.29) is 18.5 Å². The summed E-state index contributed by atoms with van der Waals surface area (Å²) >= 11 is 0. The van der Waals surface area contributed by atoms with Crippen LogP contribution in [0.4, 0.5) is 0 Å². The second-order valence-corrected chi connectivity index (χ2v) is 4.60. The molecule has 0 radical (unpaired) electrons. The number of rotatable bonds is 6. The van der Waals surface area contributed by atoms with Gasteiger partial charge >= 0.3 is 0 Å². The quantitative estimate of drug-likeness (QED) is 0.836. The minimum Gasteiger partial charge on any atom is -0.496 e. The van der Waals surface area contributed by atoms with Gasteiger partial charge in [-0.2, -0.15) is 5.26 Å². The molecule has 0 aromatic heterocycles. The van der Waals surface area contributed by atoms with Gasteiger partial charge in [-0.1, -0.05) is 0 Å². The highest BCUT2D eigenvalue weighted by molar-refractivity contribution is 5.76. The number of nitrogens with two attached hydrogens (primary N) is 1. The summed E-state index contributed by atoms with van der Waals surface area (Å²) in [6.45, 7) is 4.67. The molecule has 1 aromatic rings. The van der Waals surface area contributed by atoms with Gasteiger partial charge in [0.2, 0.25) is 5.91 Å². The lowest BCUT2D eigenvalue weighted by Gasteiger charge is -2.25. The van der Waals surface area contributed by atoms with Gasteiger partial charge in [0.1, 0.15) is 5.75 Å². The zero-order valence-corrected chi connectivity index (χ0v) is 11.5. The Morgan fingerprint density at radius 1 is 1.53 bits per heavy atom. The molecule has 1 aromatic carbocycles. The molecule has 2 N–H and O–H groups in total. The van der Waals surface area contributed by atoms with Crippen molar-refractivity contribution in [2.24, 2.45) is 5.73 Å². The predicted molar refractivity (Wildman–Crippen MR) is 72.4 cm³/mol. The SMILES string of the molecule is COc1ccc(C#N)cc1CN(CC(N)=O)C(C)C. The maximum atomic E-state index is 11.1. The van der Waals surface area contributed by atoms with Crippen molar-refractivity contribution < 1.29 is 9.53 Å². The van der Waals surface area contributed by atoms with Crippen LogP contribution in [0, 0.1) is 11.3 Å². The smallest absolute Gasteiger partial charge is 0.231 e. The number of ether oxygens (including phenoxy) is 1. The Morgan fingerprint density at radius 2 is 2.21 bits per heavy atom.